The smallest absolute Gasteiger partial charge is 0.305 e. The lowest BCUT2D eigenvalue weighted by atomic mass is 9.57. The minimum atomic E-state index is -0.374. The zero-order chi connectivity index (χ0) is 19.2. The van der Waals surface area contributed by atoms with Gasteiger partial charge in [-0.25, -0.2) is 0 Å². The summed E-state index contributed by atoms with van der Waals surface area (Å²) in [4.78, 5) is 27.6. The molecule has 5 saturated carbocycles. The van der Waals surface area contributed by atoms with E-state index in [-0.39, 0.29) is 23.5 Å². The molecule has 9 unspecified atom stereocenters. The van der Waals surface area contributed by atoms with Crippen LogP contribution in [0.3, 0.4) is 0 Å². The second-order valence-electron chi connectivity index (χ2n) is 9.63. The van der Waals surface area contributed by atoms with Gasteiger partial charge in [0, 0.05) is 5.92 Å². The molecule has 6 rings (SSSR count). The van der Waals surface area contributed by atoms with E-state index in [9.17, 15) is 9.59 Å². The number of nitrogens with one attached hydrogen (secondary N) is 2. The van der Waals surface area contributed by atoms with Gasteiger partial charge in [-0.15, -0.1) is 0 Å². The van der Waals surface area contributed by atoms with Crippen LogP contribution in [0.15, 0.2) is 16.5 Å². The van der Waals surface area contributed by atoms with E-state index in [1.807, 2.05) is 6.07 Å². The third-order valence-corrected chi connectivity index (χ3v) is 9.08. The second-order valence-corrected chi connectivity index (χ2v) is 9.63. The zero-order valence-corrected chi connectivity index (χ0v) is 16.6. The van der Waals surface area contributed by atoms with Crippen LogP contribution in [0.5, 0.6) is 0 Å². The molecule has 6 nitrogen and oxygen atoms in total. The zero-order valence-electron chi connectivity index (χ0n) is 16.6. The number of hydrazine groups is 1. The topological polar surface area (TPSA) is 74.6 Å². The first-order valence-electron chi connectivity index (χ1n) is 11.0. The Morgan fingerprint density at radius 2 is 1.68 bits per heavy atom. The Hall–Kier alpha value is -1.82. The summed E-state index contributed by atoms with van der Waals surface area (Å²) in [6.45, 7) is 6.76. The average Bonchev–Trinajstić information content (AvgIpc) is 3.39. The summed E-state index contributed by atoms with van der Waals surface area (Å²) < 4.78 is 5.68. The van der Waals surface area contributed by atoms with Crippen molar-refractivity contribution in [2.75, 3.05) is 13.1 Å². The van der Waals surface area contributed by atoms with Crippen molar-refractivity contribution in [3.63, 3.8) is 0 Å². The summed E-state index contributed by atoms with van der Waals surface area (Å²) in [5, 5.41) is 0. The molecule has 0 aliphatic heterocycles. The molecule has 2 N–H and O–H groups in total. The van der Waals surface area contributed by atoms with Crippen molar-refractivity contribution in [2.24, 2.45) is 53.3 Å². The highest BCUT2D eigenvalue weighted by Crippen LogP contribution is 2.84. The Morgan fingerprint density at radius 1 is 0.964 bits per heavy atom. The van der Waals surface area contributed by atoms with E-state index in [0.29, 0.717) is 18.4 Å². The van der Waals surface area contributed by atoms with Crippen LogP contribution in [0.2, 0.25) is 0 Å². The van der Waals surface area contributed by atoms with Crippen LogP contribution in [0.1, 0.15) is 43.0 Å². The molecular formula is C22H29N3O3. The van der Waals surface area contributed by atoms with Gasteiger partial charge in [0.15, 0.2) is 5.76 Å². The van der Waals surface area contributed by atoms with E-state index < -0.39 is 0 Å². The number of nitrogens with zero attached hydrogens (tertiary/aromatic N) is 1. The van der Waals surface area contributed by atoms with E-state index in [1.165, 1.54) is 12.8 Å². The molecule has 0 radical (unpaired) electrons. The average molecular weight is 383 g/mol. The first kappa shape index (κ1) is 17.1. The van der Waals surface area contributed by atoms with Crippen LogP contribution < -0.4 is 10.9 Å². The van der Waals surface area contributed by atoms with Gasteiger partial charge in [-0.2, -0.15) is 0 Å². The van der Waals surface area contributed by atoms with Gasteiger partial charge in [-0.1, -0.05) is 13.8 Å². The molecule has 28 heavy (non-hydrogen) atoms. The monoisotopic (exact) mass is 383 g/mol. The van der Waals surface area contributed by atoms with Crippen molar-refractivity contribution in [2.45, 2.75) is 33.2 Å². The van der Waals surface area contributed by atoms with Gasteiger partial charge in [0.25, 0.3) is 0 Å². The Kier molecular flexibility index (Phi) is 3.57. The predicted octanol–water partition coefficient (Wildman–Crippen LogP) is 2.28. The highest BCUT2D eigenvalue weighted by atomic mass is 16.4. The maximum Gasteiger partial charge on any atom is 0.305 e. The van der Waals surface area contributed by atoms with Gasteiger partial charge in [-0.05, 0) is 85.4 Å². The Balaban J connectivity index is 1.08. The molecular weight excluding hydrogens is 354 g/mol. The van der Waals surface area contributed by atoms with Crippen molar-refractivity contribution in [1.29, 1.82) is 0 Å². The quantitative estimate of drug-likeness (QED) is 0.739. The lowest BCUT2D eigenvalue weighted by Gasteiger charge is -2.47. The van der Waals surface area contributed by atoms with Gasteiger partial charge in [0.1, 0.15) is 5.76 Å². The minimum absolute atomic E-state index is 0.0291. The van der Waals surface area contributed by atoms with E-state index in [0.717, 1.165) is 54.4 Å². The summed E-state index contributed by atoms with van der Waals surface area (Å²) in [5.41, 5.74) is 5.33. The van der Waals surface area contributed by atoms with Crippen LogP contribution in [0.25, 0.3) is 0 Å². The second kappa shape index (κ2) is 5.85. The Morgan fingerprint density at radius 3 is 2.43 bits per heavy atom. The molecule has 2 bridgehead atoms. The molecule has 5 aliphatic carbocycles. The summed E-state index contributed by atoms with van der Waals surface area (Å²) in [6.07, 6.45) is 2.74. The molecule has 5 aliphatic rings. The number of carbonyl (C=O) groups is 2. The van der Waals surface area contributed by atoms with E-state index in [2.05, 4.69) is 29.6 Å². The maximum atomic E-state index is 13.0. The van der Waals surface area contributed by atoms with Crippen LogP contribution in [-0.4, -0.2) is 29.8 Å². The highest BCUT2D eigenvalue weighted by molar-refractivity contribution is 5.93. The van der Waals surface area contributed by atoms with Crippen molar-refractivity contribution in [3.05, 3.63) is 23.7 Å². The standard InChI is InChI=1S/C22H29N3O3/c1-3-25(4-2)9-10-5-6-15(28-10)21(26)23-24-22(27)20-17-12-8-13-16-11(12)7-14(17)18(16)19(13)20/h5-6,11-14,16-20H,3-4,7-9H2,1-2H3,(H,23,26)(H,24,27). The van der Waals surface area contributed by atoms with E-state index >= 15 is 0 Å². The molecule has 1 aromatic heterocycles. The van der Waals surface area contributed by atoms with Crippen LogP contribution in [-0.2, 0) is 11.3 Å². The molecule has 0 spiro atoms. The molecule has 0 aromatic carbocycles. The van der Waals surface area contributed by atoms with Crippen LogP contribution in [0.4, 0.5) is 0 Å². The number of hydrogen-bond acceptors (Lipinski definition) is 4. The lowest BCUT2D eigenvalue weighted by Crippen LogP contribution is -2.52. The Labute approximate surface area is 165 Å². The SMILES string of the molecule is CCN(CC)Cc1ccc(C(=O)NNC(=O)C2C3C4CC5C6C4CC3C6C52)o1. The number of hydrogen-bond donors (Lipinski definition) is 2. The molecule has 0 saturated heterocycles. The minimum Gasteiger partial charge on any atom is -0.454 e. The predicted molar refractivity (Wildman–Crippen MR) is 102 cm³/mol. The fourth-order valence-electron chi connectivity index (χ4n) is 8.34. The molecule has 6 heteroatoms. The first-order valence-corrected chi connectivity index (χ1v) is 11.0. The van der Waals surface area contributed by atoms with Gasteiger partial charge >= 0.3 is 5.91 Å². The largest absolute Gasteiger partial charge is 0.454 e. The Bertz CT molecular complexity index is 825. The maximum absolute atomic E-state index is 13.0. The number of rotatable bonds is 6. The molecule has 2 amide bonds. The molecule has 5 fully saturated rings. The summed E-state index contributed by atoms with van der Waals surface area (Å²) in [6, 6.07) is 3.52. The van der Waals surface area contributed by atoms with Crippen LogP contribution >= 0.6 is 0 Å². The van der Waals surface area contributed by atoms with Crippen molar-refractivity contribution in [3.8, 4) is 0 Å². The number of carbonyl (C=O) groups excluding carboxylic acids is 2. The van der Waals surface area contributed by atoms with Gasteiger partial charge < -0.3 is 4.42 Å². The van der Waals surface area contributed by atoms with E-state index in [1.54, 1.807) is 6.07 Å². The van der Waals surface area contributed by atoms with E-state index in [4.69, 9.17) is 4.42 Å². The molecule has 1 heterocycles. The number of fused-ring (bicyclic) bond motifs is 2. The highest BCUT2D eigenvalue weighted by Gasteiger charge is 2.81. The molecule has 1 aromatic rings. The van der Waals surface area contributed by atoms with Crippen LogP contribution in [0, 0.1) is 53.3 Å². The first-order chi connectivity index (χ1) is 13.6. The molecule has 150 valence electrons. The summed E-state index contributed by atoms with van der Waals surface area (Å²) in [7, 11) is 0. The lowest BCUT2D eigenvalue weighted by molar-refractivity contribution is -0.133. The fourth-order valence-corrected chi connectivity index (χ4v) is 8.34. The van der Waals surface area contributed by atoms with Gasteiger partial charge in [-0.3, -0.25) is 25.3 Å². The molecule has 9 atom stereocenters. The fraction of sp³-hybridized carbons (Fsp3) is 0.727. The van der Waals surface area contributed by atoms with Gasteiger partial charge in [0.2, 0.25) is 5.91 Å². The summed E-state index contributed by atoms with van der Waals surface area (Å²) in [5.74, 6) is 7.02. The van der Waals surface area contributed by atoms with Gasteiger partial charge in [0.05, 0.1) is 6.54 Å². The number of amides is 2. The van der Waals surface area contributed by atoms with Crippen molar-refractivity contribution < 1.29 is 14.0 Å². The number of furan rings is 1. The summed E-state index contributed by atoms with van der Waals surface area (Å²) >= 11 is 0. The normalized spacial score (nSPS) is 43.0. The van der Waals surface area contributed by atoms with Crippen molar-refractivity contribution in [1.82, 2.24) is 15.8 Å². The van der Waals surface area contributed by atoms with Crippen molar-refractivity contribution >= 4 is 11.8 Å². The third-order valence-electron chi connectivity index (χ3n) is 9.08. The third kappa shape index (κ3) is 2.02.